The maximum atomic E-state index is 13.5. The van der Waals surface area contributed by atoms with Gasteiger partial charge in [0.2, 0.25) is 15.9 Å². The second kappa shape index (κ2) is 13.6. The van der Waals surface area contributed by atoms with E-state index in [1.165, 1.54) is 0 Å². The van der Waals surface area contributed by atoms with Crippen molar-refractivity contribution in [3.63, 3.8) is 0 Å². The minimum absolute atomic E-state index is 0.0443. The molecule has 206 valence electrons. The van der Waals surface area contributed by atoms with Gasteiger partial charge >= 0.3 is 5.97 Å². The maximum Gasteiger partial charge on any atom is 0.305 e. The molecule has 1 amide bonds. The van der Waals surface area contributed by atoms with Crippen LogP contribution >= 0.6 is 0 Å². The Morgan fingerprint density at radius 2 is 2.03 bits per heavy atom. The minimum atomic E-state index is -3.97. The molecule has 1 aromatic carbocycles. The largest absolute Gasteiger partial charge is 0.466 e. The van der Waals surface area contributed by atoms with E-state index >= 15 is 0 Å². The zero-order valence-electron chi connectivity index (χ0n) is 21.6. The van der Waals surface area contributed by atoms with E-state index < -0.39 is 16.1 Å². The number of para-hydroxylation sites is 1. The average molecular weight is 537 g/mol. The van der Waals surface area contributed by atoms with Gasteiger partial charge in [0.05, 0.1) is 12.3 Å². The molecule has 6 N–H and O–H groups in total. The van der Waals surface area contributed by atoms with Crippen molar-refractivity contribution < 1.29 is 22.7 Å². The van der Waals surface area contributed by atoms with Crippen LogP contribution in [-0.2, 0) is 30.8 Å². The lowest BCUT2D eigenvalue weighted by molar-refractivity contribution is -0.143. The van der Waals surface area contributed by atoms with Gasteiger partial charge in [-0.1, -0.05) is 19.1 Å². The molecule has 2 aliphatic heterocycles. The normalized spacial score (nSPS) is 16.8. The van der Waals surface area contributed by atoms with Gasteiger partial charge < -0.3 is 26.4 Å². The SMILES string of the molecule is CCC(=O)OCCC1CCN(C(=O)[C@H](CCCN=C(N)N)NS(=O)(=O)c2cccc3c2NCCC3)CC1. The van der Waals surface area contributed by atoms with Crippen LogP contribution in [0, 0.1) is 5.92 Å². The van der Waals surface area contributed by atoms with E-state index in [1.807, 2.05) is 6.07 Å². The number of hydrogen-bond donors (Lipinski definition) is 4. The number of nitrogens with zero attached hydrogens (tertiary/aromatic N) is 2. The van der Waals surface area contributed by atoms with Crippen LogP contribution in [-0.4, -0.2) is 70.0 Å². The Labute approximate surface area is 219 Å². The Kier molecular flexibility index (Phi) is 10.6. The summed E-state index contributed by atoms with van der Waals surface area (Å²) in [6.07, 6.45) is 5.12. The van der Waals surface area contributed by atoms with Crippen molar-refractivity contribution in [3.05, 3.63) is 23.8 Å². The van der Waals surface area contributed by atoms with E-state index in [-0.39, 0.29) is 29.2 Å². The van der Waals surface area contributed by atoms with E-state index in [2.05, 4.69) is 15.0 Å². The van der Waals surface area contributed by atoms with Crippen molar-refractivity contribution in [2.24, 2.45) is 22.4 Å². The number of rotatable bonds is 12. The number of anilines is 1. The number of amides is 1. The standard InChI is InChI=1S/C25H40N6O5S/c1-2-22(32)36-17-12-18-10-15-31(16-11-18)24(33)20(8-5-14-29-25(26)27)30-37(34,35)21-9-3-6-19-7-4-13-28-23(19)21/h3,6,9,18,20,28,30H,2,4-5,7-8,10-17H2,1H3,(H4,26,27,29)/t20-/m0/s1. The van der Waals surface area contributed by atoms with Crippen LogP contribution in [0.1, 0.15) is 57.4 Å². The lowest BCUT2D eigenvalue weighted by Gasteiger charge is -2.34. The molecule has 0 unspecified atom stereocenters. The average Bonchev–Trinajstić information content (AvgIpc) is 2.89. The van der Waals surface area contributed by atoms with Crippen molar-refractivity contribution in [2.45, 2.75) is 69.2 Å². The van der Waals surface area contributed by atoms with Crippen molar-refractivity contribution in [1.82, 2.24) is 9.62 Å². The van der Waals surface area contributed by atoms with Gasteiger partial charge in [-0.3, -0.25) is 14.6 Å². The first-order valence-electron chi connectivity index (χ1n) is 13.1. The first-order valence-corrected chi connectivity index (χ1v) is 14.6. The molecule has 1 atom stereocenters. The summed E-state index contributed by atoms with van der Waals surface area (Å²) in [4.78, 5) is 30.7. The molecule has 37 heavy (non-hydrogen) atoms. The number of guanidine groups is 1. The van der Waals surface area contributed by atoms with Gasteiger partial charge in [-0.2, -0.15) is 4.72 Å². The second-order valence-corrected chi connectivity index (χ2v) is 11.3. The lowest BCUT2D eigenvalue weighted by Crippen LogP contribution is -2.50. The summed E-state index contributed by atoms with van der Waals surface area (Å²) < 4.78 is 34.8. The Morgan fingerprint density at radius 1 is 1.27 bits per heavy atom. The van der Waals surface area contributed by atoms with Gasteiger partial charge in [0.25, 0.3) is 0 Å². The minimum Gasteiger partial charge on any atom is -0.466 e. The highest BCUT2D eigenvalue weighted by molar-refractivity contribution is 7.89. The Balaban J connectivity index is 1.67. The summed E-state index contributed by atoms with van der Waals surface area (Å²) >= 11 is 0. The van der Waals surface area contributed by atoms with Crippen molar-refractivity contribution in [2.75, 3.05) is 38.1 Å². The van der Waals surface area contributed by atoms with E-state index in [0.29, 0.717) is 57.2 Å². The molecule has 1 fully saturated rings. The molecule has 0 radical (unpaired) electrons. The fraction of sp³-hybridized carbons (Fsp3) is 0.640. The van der Waals surface area contributed by atoms with Crippen molar-refractivity contribution in [3.8, 4) is 0 Å². The number of nitrogens with one attached hydrogen (secondary N) is 2. The quantitative estimate of drug-likeness (QED) is 0.134. The number of aliphatic imine (C=N–C) groups is 1. The molecule has 0 bridgehead atoms. The number of esters is 1. The Hall–Kier alpha value is -2.86. The number of piperidine rings is 1. The third kappa shape index (κ3) is 8.32. The van der Waals surface area contributed by atoms with Gasteiger partial charge in [0.1, 0.15) is 10.9 Å². The number of likely N-dealkylation sites (tertiary alicyclic amines) is 1. The summed E-state index contributed by atoms with van der Waals surface area (Å²) in [5.74, 6) is -0.148. The van der Waals surface area contributed by atoms with E-state index in [4.69, 9.17) is 16.2 Å². The van der Waals surface area contributed by atoms with Crippen LogP contribution in [0.5, 0.6) is 0 Å². The summed E-state index contributed by atoms with van der Waals surface area (Å²) in [5, 5.41) is 3.21. The number of fused-ring (bicyclic) bond motifs is 1. The molecule has 2 heterocycles. The predicted octanol–water partition coefficient (Wildman–Crippen LogP) is 1.33. The molecule has 0 aromatic heterocycles. The van der Waals surface area contributed by atoms with Gasteiger partial charge in [0.15, 0.2) is 5.96 Å². The third-order valence-corrected chi connectivity index (χ3v) is 8.39. The number of carbonyl (C=O) groups is 2. The van der Waals surface area contributed by atoms with Crippen LogP contribution in [0.3, 0.4) is 0 Å². The topological polar surface area (TPSA) is 169 Å². The highest BCUT2D eigenvalue weighted by atomic mass is 32.2. The first-order chi connectivity index (χ1) is 17.7. The highest BCUT2D eigenvalue weighted by Crippen LogP contribution is 2.30. The van der Waals surface area contributed by atoms with E-state index in [9.17, 15) is 18.0 Å². The van der Waals surface area contributed by atoms with Gasteiger partial charge in [0, 0.05) is 32.6 Å². The zero-order valence-corrected chi connectivity index (χ0v) is 22.4. The molecule has 3 rings (SSSR count). The van der Waals surface area contributed by atoms with Crippen molar-refractivity contribution >= 4 is 33.5 Å². The lowest BCUT2D eigenvalue weighted by atomic mass is 9.93. The molecule has 1 aromatic rings. The maximum absolute atomic E-state index is 13.5. The Bertz CT molecular complexity index is 1070. The molecule has 12 heteroatoms. The monoisotopic (exact) mass is 536 g/mol. The summed E-state index contributed by atoms with van der Waals surface area (Å²) in [6.45, 7) is 4.20. The van der Waals surface area contributed by atoms with E-state index in [1.54, 1.807) is 24.0 Å². The zero-order chi connectivity index (χ0) is 26.8. The summed E-state index contributed by atoms with van der Waals surface area (Å²) in [7, 11) is -3.97. The van der Waals surface area contributed by atoms with Crippen LogP contribution in [0.2, 0.25) is 0 Å². The van der Waals surface area contributed by atoms with Crippen molar-refractivity contribution in [1.29, 1.82) is 0 Å². The molecule has 1 saturated heterocycles. The van der Waals surface area contributed by atoms with Gasteiger partial charge in [-0.15, -0.1) is 0 Å². The highest BCUT2D eigenvalue weighted by Gasteiger charge is 2.32. The number of aryl methyl sites for hydroxylation is 1. The molecular weight excluding hydrogens is 496 g/mol. The number of sulfonamides is 1. The van der Waals surface area contributed by atoms with Crippen LogP contribution < -0.4 is 21.5 Å². The molecule has 0 aliphatic carbocycles. The number of ether oxygens (including phenoxy) is 1. The third-order valence-electron chi connectivity index (χ3n) is 6.87. The van der Waals surface area contributed by atoms with Gasteiger partial charge in [-0.05, 0) is 62.5 Å². The Morgan fingerprint density at radius 3 is 2.73 bits per heavy atom. The predicted molar refractivity (Wildman–Crippen MR) is 142 cm³/mol. The number of benzene rings is 1. The fourth-order valence-corrected chi connectivity index (χ4v) is 6.24. The van der Waals surface area contributed by atoms with Gasteiger partial charge in [-0.25, -0.2) is 8.42 Å². The van der Waals surface area contributed by atoms with Crippen LogP contribution in [0.15, 0.2) is 28.1 Å². The number of nitrogens with two attached hydrogens (primary N) is 2. The summed E-state index contributed by atoms with van der Waals surface area (Å²) in [5.41, 5.74) is 12.4. The molecular formula is C25H40N6O5S. The molecule has 2 aliphatic rings. The number of hydrogen-bond acceptors (Lipinski definition) is 7. The van der Waals surface area contributed by atoms with Crippen LogP contribution in [0.25, 0.3) is 0 Å². The van der Waals surface area contributed by atoms with Crippen LogP contribution in [0.4, 0.5) is 5.69 Å². The molecule has 0 saturated carbocycles. The summed E-state index contributed by atoms with van der Waals surface area (Å²) in [6, 6.07) is 4.29. The molecule has 11 nitrogen and oxygen atoms in total. The fourth-order valence-electron chi connectivity index (χ4n) is 4.79. The first kappa shape index (κ1) is 28.7. The van der Waals surface area contributed by atoms with E-state index in [0.717, 1.165) is 37.7 Å². The smallest absolute Gasteiger partial charge is 0.305 e. The second-order valence-electron chi connectivity index (χ2n) is 9.57. The molecule has 0 spiro atoms. The number of carbonyl (C=O) groups excluding carboxylic acids is 2.